The van der Waals surface area contributed by atoms with Gasteiger partial charge in [0.25, 0.3) is 5.91 Å². The van der Waals surface area contributed by atoms with Gasteiger partial charge in [-0.2, -0.15) is 0 Å². The van der Waals surface area contributed by atoms with Gasteiger partial charge in [-0.3, -0.25) is 9.59 Å². The topological polar surface area (TPSA) is 107 Å². The summed E-state index contributed by atoms with van der Waals surface area (Å²) in [5.74, 6) is 0.959. The molecule has 2 aliphatic rings. The first-order valence-corrected chi connectivity index (χ1v) is 10.6. The van der Waals surface area contributed by atoms with Crippen molar-refractivity contribution in [1.82, 2.24) is 19.6 Å². The van der Waals surface area contributed by atoms with Gasteiger partial charge in [0.15, 0.2) is 0 Å². The fraction of sp³-hybridized carbons (Fsp3) is 0.391. The van der Waals surface area contributed by atoms with Gasteiger partial charge in [0.2, 0.25) is 5.91 Å². The van der Waals surface area contributed by atoms with Gasteiger partial charge in [-0.1, -0.05) is 35.5 Å². The number of nitrogens with zero attached hydrogens (tertiary/aromatic N) is 4. The summed E-state index contributed by atoms with van der Waals surface area (Å²) in [4.78, 5) is 32.2. The summed E-state index contributed by atoms with van der Waals surface area (Å²) in [6, 6.07) is 9.87. The Hall–Kier alpha value is -3.42. The number of fused-ring (bicyclic) bond motifs is 3. The quantitative estimate of drug-likeness (QED) is 0.699. The molecule has 0 unspecified atom stereocenters. The Morgan fingerprint density at radius 1 is 1.16 bits per heavy atom. The van der Waals surface area contributed by atoms with E-state index in [9.17, 15) is 9.59 Å². The van der Waals surface area contributed by atoms with Crippen molar-refractivity contribution in [2.45, 2.75) is 58.2 Å². The highest BCUT2D eigenvalue weighted by Crippen LogP contribution is 2.36. The van der Waals surface area contributed by atoms with Gasteiger partial charge in [0.1, 0.15) is 17.3 Å². The van der Waals surface area contributed by atoms with E-state index in [0.29, 0.717) is 24.4 Å². The zero-order valence-electron chi connectivity index (χ0n) is 17.7. The Kier molecular flexibility index (Phi) is 4.64. The van der Waals surface area contributed by atoms with Gasteiger partial charge in [-0.05, 0) is 26.7 Å². The van der Waals surface area contributed by atoms with E-state index < -0.39 is 5.91 Å². The van der Waals surface area contributed by atoms with Crippen LogP contribution in [-0.4, -0.2) is 43.5 Å². The van der Waals surface area contributed by atoms with Crippen LogP contribution in [0.1, 0.15) is 46.0 Å². The number of nitrogens with two attached hydrogens (primary N) is 1. The largest absolute Gasteiger partial charge is 0.364 e. The number of benzene rings is 1. The molecule has 4 heterocycles. The first-order valence-electron chi connectivity index (χ1n) is 10.6. The molecule has 3 aromatic rings. The first kappa shape index (κ1) is 19.5. The average molecular weight is 419 g/mol. The third-order valence-electron chi connectivity index (χ3n) is 6.58. The van der Waals surface area contributed by atoms with Crippen molar-refractivity contribution in [3.05, 3.63) is 58.7 Å². The second-order valence-corrected chi connectivity index (χ2v) is 8.44. The van der Waals surface area contributed by atoms with Gasteiger partial charge in [-0.15, -0.1) is 0 Å². The minimum absolute atomic E-state index is 0.0256. The Morgan fingerprint density at radius 2 is 1.90 bits per heavy atom. The van der Waals surface area contributed by atoms with Gasteiger partial charge >= 0.3 is 0 Å². The molecule has 0 radical (unpaired) electrons. The highest BCUT2D eigenvalue weighted by molar-refractivity contribution is 5.93. The molecule has 1 saturated heterocycles. The van der Waals surface area contributed by atoms with Crippen LogP contribution in [0.2, 0.25) is 0 Å². The van der Waals surface area contributed by atoms with Crippen LogP contribution in [0.25, 0.3) is 11.4 Å². The molecule has 31 heavy (non-hydrogen) atoms. The molecule has 2 N–H and O–H groups in total. The molecule has 0 spiro atoms. The van der Waals surface area contributed by atoms with E-state index in [0.717, 1.165) is 41.2 Å². The Labute approximate surface area is 180 Å². The number of primary amides is 1. The average Bonchev–Trinajstić information content (AvgIpc) is 3.37. The van der Waals surface area contributed by atoms with Gasteiger partial charge in [0, 0.05) is 30.1 Å². The molecule has 2 aromatic heterocycles. The van der Waals surface area contributed by atoms with Crippen molar-refractivity contribution >= 4 is 11.8 Å². The molecule has 8 nitrogen and oxygen atoms in total. The minimum Gasteiger partial charge on any atom is -0.364 e. The number of carbonyl (C=O) groups excluding carboxylic acids is 2. The third-order valence-corrected chi connectivity index (χ3v) is 6.58. The molecule has 2 aliphatic heterocycles. The first-order chi connectivity index (χ1) is 14.9. The number of amides is 2. The zero-order valence-corrected chi connectivity index (χ0v) is 17.7. The standard InChI is InChI=1S/C23H25N5O3/c1-13-18(14(2)31-26-13)11-20(29)28-16-8-9-17(28)12-27-19(10-16)21(22(24)30)25-23(27)15-6-4-3-5-7-15/h3-7,16-17H,8-12H2,1-2H3,(H2,24,30)/t16-,17+/m0/s1. The molecule has 0 aliphatic carbocycles. The molecule has 5 rings (SSSR count). The van der Waals surface area contributed by atoms with E-state index in [1.807, 2.05) is 49.1 Å². The molecule has 1 aromatic carbocycles. The monoisotopic (exact) mass is 419 g/mol. The van der Waals surface area contributed by atoms with E-state index in [-0.39, 0.29) is 24.4 Å². The normalized spacial score (nSPS) is 19.9. The minimum atomic E-state index is -0.530. The number of aromatic nitrogens is 3. The maximum atomic E-state index is 13.4. The second-order valence-electron chi connectivity index (χ2n) is 8.44. The van der Waals surface area contributed by atoms with Crippen molar-refractivity contribution in [2.75, 3.05) is 0 Å². The van der Waals surface area contributed by atoms with E-state index in [1.165, 1.54) is 0 Å². The lowest BCUT2D eigenvalue weighted by molar-refractivity contribution is -0.133. The number of hydrogen-bond donors (Lipinski definition) is 1. The van der Waals surface area contributed by atoms with E-state index in [2.05, 4.69) is 14.7 Å². The smallest absolute Gasteiger partial charge is 0.269 e. The van der Waals surface area contributed by atoms with Crippen molar-refractivity contribution in [2.24, 2.45) is 5.73 Å². The van der Waals surface area contributed by atoms with Crippen LogP contribution in [0.15, 0.2) is 34.9 Å². The maximum absolute atomic E-state index is 13.4. The summed E-state index contributed by atoms with van der Waals surface area (Å²) in [5, 5.41) is 3.98. The van der Waals surface area contributed by atoms with Crippen LogP contribution in [0.4, 0.5) is 0 Å². The lowest BCUT2D eigenvalue weighted by Gasteiger charge is -2.28. The summed E-state index contributed by atoms with van der Waals surface area (Å²) in [6.07, 6.45) is 2.68. The van der Waals surface area contributed by atoms with Crippen molar-refractivity contribution in [3.63, 3.8) is 0 Å². The number of rotatable bonds is 4. The number of aryl methyl sites for hydroxylation is 2. The van der Waals surface area contributed by atoms with Gasteiger partial charge in [0.05, 0.1) is 23.9 Å². The highest BCUT2D eigenvalue weighted by atomic mass is 16.5. The number of imidazole rings is 1. The van der Waals surface area contributed by atoms with Gasteiger partial charge in [-0.25, -0.2) is 4.98 Å². The Morgan fingerprint density at radius 3 is 2.58 bits per heavy atom. The number of carbonyl (C=O) groups is 2. The van der Waals surface area contributed by atoms with Crippen LogP contribution >= 0.6 is 0 Å². The molecule has 0 saturated carbocycles. The van der Waals surface area contributed by atoms with Crippen LogP contribution in [0, 0.1) is 13.8 Å². The zero-order chi connectivity index (χ0) is 21.7. The molecule has 2 atom stereocenters. The third kappa shape index (κ3) is 3.22. The predicted molar refractivity (Wildman–Crippen MR) is 113 cm³/mol. The molecule has 2 amide bonds. The fourth-order valence-corrected chi connectivity index (χ4v) is 5.07. The molecule has 160 valence electrons. The summed E-state index contributed by atoms with van der Waals surface area (Å²) < 4.78 is 7.33. The van der Waals surface area contributed by atoms with Gasteiger partial charge < -0.3 is 19.7 Å². The van der Waals surface area contributed by atoms with E-state index in [4.69, 9.17) is 10.3 Å². The summed E-state index contributed by atoms with van der Waals surface area (Å²) in [5.41, 5.74) is 9.37. The molecule has 8 heteroatoms. The lowest BCUT2D eigenvalue weighted by atomic mass is 10.0. The van der Waals surface area contributed by atoms with Crippen LogP contribution < -0.4 is 5.73 Å². The Balaban J connectivity index is 1.51. The summed E-state index contributed by atoms with van der Waals surface area (Å²) in [6.45, 7) is 4.30. The van der Waals surface area contributed by atoms with Crippen molar-refractivity contribution < 1.29 is 14.1 Å². The van der Waals surface area contributed by atoms with Crippen LogP contribution in [0.3, 0.4) is 0 Å². The predicted octanol–water partition coefficient (Wildman–Crippen LogP) is 2.41. The maximum Gasteiger partial charge on any atom is 0.269 e. The second kappa shape index (κ2) is 7.37. The molecular weight excluding hydrogens is 394 g/mol. The number of hydrogen-bond acceptors (Lipinski definition) is 5. The summed E-state index contributed by atoms with van der Waals surface area (Å²) >= 11 is 0. The van der Waals surface area contributed by atoms with Crippen molar-refractivity contribution in [1.29, 1.82) is 0 Å². The van der Waals surface area contributed by atoms with E-state index >= 15 is 0 Å². The van der Waals surface area contributed by atoms with Crippen LogP contribution in [-0.2, 0) is 24.2 Å². The lowest BCUT2D eigenvalue weighted by Crippen LogP contribution is -2.43. The SMILES string of the molecule is Cc1noc(C)c1CC(=O)N1[C@@H]2CC[C@H]1Cc1c(C(N)=O)nc(-c3ccccc3)n1C2. The molecule has 1 fully saturated rings. The molecular formula is C23H25N5O3. The summed E-state index contributed by atoms with van der Waals surface area (Å²) in [7, 11) is 0. The highest BCUT2D eigenvalue weighted by Gasteiger charge is 2.42. The van der Waals surface area contributed by atoms with Crippen molar-refractivity contribution in [3.8, 4) is 11.4 Å². The fourth-order valence-electron chi connectivity index (χ4n) is 5.07. The molecule has 2 bridgehead atoms. The van der Waals surface area contributed by atoms with E-state index in [1.54, 1.807) is 0 Å². The van der Waals surface area contributed by atoms with Crippen LogP contribution in [0.5, 0.6) is 0 Å². The Bertz CT molecular complexity index is 1140.